The first kappa shape index (κ1) is 13.9. The summed E-state index contributed by atoms with van der Waals surface area (Å²) >= 11 is 0. The number of rotatable bonds is 4. The SMILES string of the molecule is COc1cc(C)c(N=Cc2ccccc2O)cc1OC. The summed E-state index contributed by atoms with van der Waals surface area (Å²) in [7, 11) is 3.19. The van der Waals surface area contributed by atoms with Gasteiger partial charge in [0.05, 0.1) is 19.9 Å². The number of methoxy groups -OCH3 is 2. The number of aromatic hydroxyl groups is 1. The van der Waals surface area contributed by atoms with E-state index in [1.54, 1.807) is 38.6 Å². The Balaban J connectivity index is 2.36. The van der Waals surface area contributed by atoms with Crippen LogP contribution >= 0.6 is 0 Å². The van der Waals surface area contributed by atoms with Crippen molar-refractivity contribution in [2.24, 2.45) is 4.99 Å². The van der Waals surface area contributed by atoms with Crippen LogP contribution in [0.4, 0.5) is 5.69 Å². The third-order valence-electron chi connectivity index (χ3n) is 2.98. The van der Waals surface area contributed by atoms with Crippen LogP contribution in [0.3, 0.4) is 0 Å². The van der Waals surface area contributed by atoms with Gasteiger partial charge in [0.2, 0.25) is 0 Å². The molecule has 0 atom stereocenters. The van der Waals surface area contributed by atoms with E-state index in [0.29, 0.717) is 17.1 Å². The highest BCUT2D eigenvalue weighted by molar-refractivity contribution is 5.85. The molecule has 0 saturated carbocycles. The first-order valence-electron chi connectivity index (χ1n) is 6.20. The van der Waals surface area contributed by atoms with Crippen LogP contribution in [0.5, 0.6) is 17.2 Å². The Morgan fingerprint density at radius 3 is 2.35 bits per heavy atom. The van der Waals surface area contributed by atoms with Crippen molar-refractivity contribution in [1.82, 2.24) is 0 Å². The van der Waals surface area contributed by atoms with E-state index in [1.807, 2.05) is 25.1 Å². The highest BCUT2D eigenvalue weighted by atomic mass is 16.5. The summed E-state index contributed by atoms with van der Waals surface area (Å²) in [4.78, 5) is 4.40. The summed E-state index contributed by atoms with van der Waals surface area (Å²) in [6.45, 7) is 1.94. The van der Waals surface area contributed by atoms with Crippen molar-refractivity contribution >= 4 is 11.9 Å². The lowest BCUT2D eigenvalue weighted by Crippen LogP contribution is -1.91. The molecule has 1 N–H and O–H groups in total. The summed E-state index contributed by atoms with van der Waals surface area (Å²) in [5, 5.41) is 9.70. The zero-order chi connectivity index (χ0) is 14.5. The number of ether oxygens (including phenoxy) is 2. The molecule has 0 fully saturated rings. The summed E-state index contributed by atoms with van der Waals surface area (Å²) in [5.74, 6) is 1.50. The first-order valence-corrected chi connectivity index (χ1v) is 6.20. The summed E-state index contributed by atoms with van der Waals surface area (Å²) < 4.78 is 10.5. The average molecular weight is 271 g/mol. The second kappa shape index (κ2) is 6.10. The van der Waals surface area contributed by atoms with Gasteiger partial charge in [-0.25, -0.2) is 0 Å². The molecule has 0 aliphatic rings. The highest BCUT2D eigenvalue weighted by Gasteiger charge is 2.07. The Hall–Kier alpha value is -2.49. The van der Waals surface area contributed by atoms with Crippen LogP contribution in [0.25, 0.3) is 0 Å². The van der Waals surface area contributed by atoms with E-state index >= 15 is 0 Å². The summed E-state index contributed by atoms with van der Waals surface area (Å²) in [6, 6.07) is 10.7. The smallest absolute Gasteiger partial charge is 0.162 e. The van der Waals surface area contributed by atoms with E-state index < -0.39 is 0 Å². The van der Waals surface area contributed by atoms with E-state index in [4.69, 9.17) is 9.47 Å². The molecule has 0 aliphatic heterocycles. The van der Waals surface area contributed by atoms with Crippen molar-refractivity contribution < 1.29 is 14.6 Å². The lowest BCUT2D eigenvalue weighted by molar-refractivity contribution is 0.355. The molecule has 2 aromatic rings. The number of hydrogen-bond donors (Lipinski definition) is 1. The zero-order valence-corrected chi connectivity index (χ0v) is 11.8. The molecule has 4 nitrogen and oxygen atoms in total. The summed E-state index contributed by atoms with van der Waals surface area (Å²) in [6.07, 6.45) is 1.63. The Bertz CT molecular complexity index is 636. The fourth-order valence-corrected chi connectivity index (χ4v) is 1.84. The largest absolute Gasteiger partial charge is 0.507 e. The van der Waals surface area contributed by atoms with E-state index in [1.165, 1.54) is 0 Å². The molecule has 0 bridgehead atoms. The van der Waals surface area contributed by atoms with Crippen LogP contribution < -0.4 is 9.47 Å². The molecule has 0 saturated heterocycles. The number of phenols is 1. The zero-order valence-electron chi connectivity index (χ0n) is 11.8. The predicted molar refractivity (Wildman–Crippen MR) is 79.6 cm³/mol. The molecule has 2 aromatic carbocycles. The van der Waals surface area contributed by atoms with E-state index in [2.05, 4.69) is 4.99 Å². The van der Waals surface area contributed by atoms with Crippen LogP contribution in [0.1, 0.15) is 11.1 Å². The monoisotopic (exact) mass is 271 g/mol. The normalized spacial score (nSPS) is 10.8. The second-order valence-corrected chi connectivity index (χ2v) is 4.31. The minimum absolute atomic E-state index is 0.203. The van der Waals surface area contributed by atoms with Gasteiger partial charge >= 0.3 is 0 Å². The maximum Gasteiger partial charge on any atom is 0.162 e. The van der Waals surface area contributed by atoms with Gasteiger partial charge in [0.1, 0.15) is 5.75 Å². The third-order valence-corrected chi connectivity index (χ3v) is 2.98. The van der Waals surface area contributed by atoms with Gasteiger partial charge in [0.25, 0.3) is 0 Å². The van der Waals surface area contributed by atoms with Gasteiger partial charge in [-0.05, 0) is 30.7 Å². The minimum Gasteiger partial charge on any atom is -0.507 e. The Morgan fingerprint density at radius 1 is 1.05 bits per heavy atom. The molecule has 104 valence electrons. The molecule has 0 radical (unpaired) electrons. The van der Waals surface area contributed by atoms with Crippen molar-refractivity contribution in [2.45, 2.75) is 6.92 Å². The molecule has 0 amide bonds. The third kappa shape index (κ3) is 2.91. The van der Waals surface area contributed by atoms with Gasteiger partial charge in [-0.2, -0.15) is 0 Å². The number of para-hydroxylation sites is 1. The minimum atomic E-state index is 0.203. The van der Waals surface area contributed by atoms with Crippen molar-refractivity contribution in [3.8, 4) is 17.2 Å². The van der Waals surface area contributed by atoms with E-state index in [9.17, 15) is 5.11 Å². The number of phenolic OH excluding ortho intramolecular Hbond substituents is 1. The van der Waals surface area contributed by atoms with Crippen molar-refractivity contribution in [1.29, 1.82) is 0 Å². The van der Waals surface area contributed by atoms with Gasteiger partial charge < -0.3 is 14.6 Å². The van der Waals surface area contributed by atoms with E-state index in [-0.39, 0.29) is 5.75 Å². The average Bonchev–Trinajstić information content (AvgIpc) is 2.47. The molecule has 2 rings (SSSR count). The van der Waals surface area contributed by atoms with Crippen LogP contribution in [0.2, 0.25) is 0 Å². The fourth-order valence-electron chi connectivity index (χ4n) is 1.84. The first-order chi connectivity index (χ1) is 9.65. The van der Waals surface area contributed by atoms with Gasteiger partial charge in [0.15, 0.2) is 11.5 Å². The predicted octanol–water partition coefficient (Wildman–Crippen LogP) is 3.47. The fraction of sp³-hybridized carbons (Fsp3) is 0.188. The molecular formula is C16H17NO3. The molecule has 0 spiro atoms. The Kier molecular flexibility index (Phi) is 4.25. The molecule has 20 heavy (non-hydrogen) atoms. The summed E-state index contributed by atoms with van der Waals surface area (Å²) in [5.41, 5.74) is 2.40. The number of aliphatic imine (C=N–C) groups is 1. The van der Waals surface area contributed by atoms with Crippen LogP contribution in [0, 0.1) is 6.92 Å². The maximum absolute atomic E-state index is 9.70. The Morgan fingerprint density at radius 2 is 1.70 bits per heavy atom. The number of nitrogens with zero attached hydrogens (tertiary/aromatic N) is 1. The number of hydrogen-bond acceptors (Lipinski definition) is 4. The van der Waals surface area contributed by atoms with Gasteiger partial charge in [-0.15, -0.1) is 0 Å². The second-order valence-electron chi connectivity index (χ2n) is 4.31. The quantitative estimate of drug-likeness (QED) is 0.866. The standard InChI is InChI=1S/C16H17NO3/c1-11-8-15(19-2)16(20-3)9-13(11)17-10-12-6-4-5-7-14(12)18/h4-10,18H,1-3H3. The number of aryl methyl sites for hydroxylation is 1. The van der Waals surface area contributed by atoms with Gasteiger partial charge in [-0.3, -0.25) is 4.99 Å². The van der Waals surface area contributed by atoms with Gasteiger partial charge in [-0.1, -0.05) is 12.1 Å². The van der Waals surface area contributed by atoms with Gasteiger partial charge in [0, 0.05) is 17.8 Å². The molecular weight excluding hydrogens is 254 g/mol. The van der Waals surface area contributed by atoms with Crippen LogP contribution in [-0.4, -0.2) is 25.5 Å². The lowest BCUT2D eigenvalue weighted by Gasteiger charge is -2.10. The number of benzene rings is 2. The van der Waals surface area contributed by atoms with Crippen molar-refractivity contribution in [2.75, 3.05) is 14.2 Å². The van der Waals surface area contributed by atoms with Crippen LogP contribution in [0.15, 0.2) is 41.4 Å². The Labute approximate surface area is 118 Å². The molecule has 4 heteroatoms. The van der Waals surface area contributed by atoms with Crippen molar-refractivity contribution in [3.05, 3.63) is 47.5 Å². The molecule has 0 unspecified atom stereocenters. The maximum atomic E-state index is 9.70. The molecule has 0 aromatic heterocycles. The molecule has 0 heterocycles. The topological polar surface area (TPSA) is 51.0 Å². The van der Waals surface area contributed by atoms with Crippen LogP contribution in [-0.2, 0) is 0 Å². The highest BCUT2D eigenvalue weighted by Crippen LogP contribution is 2.34. The molecule has 0 aliphatic carbocycles. The van der Waals surface area contributed by atoms with E-state index in [0.717, 1.165) is 11.3 Å². The lowest BCUT2D eigenvalue weighted by atomic mass is 10.1. The van der Waals surface area contributed by atoms with Crippen molar-refractivity contribution in [3.63, 3.8) is 0 Å².